The normalized spacial score (nSPS) is 16.6. The van der Waals surface area contributed by atoms with E-state index in [9.17, 15) is 46.2 Å². The molecule has 0 saturated carbocycles. The SMILES string of the molecule is CC(=O)c1ccc(CNC(=O)CCOCCOCCOCCOCCOCCOCCOCCOCCNC(=O)[C@]2(O)CC/C=C\[C@H](OC(=O)Oc3c(F)c(F)c(F)c(F)c3F)CC2)cc1. The first-order chi connectivity index (χ1) is 31.8. The fraction of sp³-hybridized carbons (Fsp3) is 0.591. The van der Waals surface area contributed by atoms with Crippen LogP contribution in [0.25, 0.3) is 0 Å². The lowest BCUT2D eigenvalue weighted by atomic mass is 9.87. The number of hydrogen-bond acceptors (Lipinski definition) is 15. The van der Waals surface area contributed by atoms with Crippen LogP contribution in [0, 0.1) is 29.1 Å². The second-order valence-electron chi connectivity index (χ2n) is 14.4. The number of nitrogens with one attached hydrogen (secondary N) is 2. The van der Waals surface area contributed by atoms with Crippen LogP contribution < -0.4 is 15.4 Å². The third kappa shape index (κ3) is 21.8. The third-order valence-corrected chi connectivity index (χ3v) is 9.40. The number of carbonyl (C=O) groups is 4. The van der Waals surface area contributed by atoms with Crippen molar-refractivity contribution in [3.63, 3.8) is 0 Å². The van der Waals surface area contributed by atoms with Gasteiger partial charge in [-0.25, -0.2) is 18.0 Å². The average molecular weight is 951 g/mol. The summed E-state index contributed by atoms with van der Waals surface area (Å²) in [4.78, 5) is 48.2. The van der Waals surface area contributed by atoms with E-state index in [2.05, 4.69) is 15.4 Å². The molecule has 66 heavy (non-hydrogen) atoms. The Kier molecular flexibility index (Phi) is 27.1. The summed E-state index contributed by atoms with van der Waals surface area (Å²) in [6.07, 6.45) is 0.0644. The molecular weight excluding hydrogens is 891 g/mol. The number of hydrogen-bond donors (Lipinski definition) is 3. The first-order valence-corrected chi connectivity index (χ1v) is 21.4. The molecule has 1 aliphatic rings. The Balaban J connectivity index is 1.04. The Hall–Kier alpha value is -4.65. The van der Waals surface area contributed by atoms with E-state index in [1.807, 2.05) is 12.1 Å². The number of allylic oxidation sites excluding steroid dienone is 1. The Bertz CT molecular complexity index is 1780. The van der Waals surface area contributed by atoms with Crippen molar-refractivity contribution >= 4 is 23.8 Å². The van der Waals surface area contributed by atoms with Crippen LogP contribution >= 0.6 is 0 Å². The summed E-state index contributed by atoms with van der Waals surface area (Å²) in [6.45, 7) is 7.44. The number of ether oxygens (including phenoxy) is 10. The molecule has 0 aliphatic heterocycles. The number of rotatable bonds is 33. The van der Waals surface area contributed by atoms with Gasteiger partial charge in [0.05, 0.1) is 106 Å². The van der Waals surface area contributed by atoms with Crippen molar-refractivity contribution in [3.05, 3.63) is 76.6 Å². The van der Waals surface area contributed by atoms with Crippen LogP contribution in [-0.2, 0) is 58.8 Å². The lowest BCUT2D eigenvalue weighted by Crippen LogP contribution is -2.48. The van der Waals surface area contributed by atoms with E-state index in [1.54, 1.807) is 12.1 Å². The molecular formula is C44H59F5N2O15. The minimum atomic E-state index is -2.42. The van der Waals surface area contributed by atoms with Crippen molar-refractivity contribution in [2.45, 2.75) is 57.3 Å². The summed E-state index contributed by atoms with van der Waals surface area (Å²) in [5.74, 6) is -14.4. The molecule has 0 spiro atoms. The zero-order valence-electron chi connectivity index (χ0n) is 36.9. The summed E-state index contributed by atoms with van der Waals surface area (Å²) in [6, 6.07) is 7.09. The first-order valence-electron chi connectivity index (χ1n) is 21.4. The van der Waals surface area contributed by atoms with Gasteiger partial charge >= 0.3 is 6.16 Å². The molecule has 0 radical (unpaired) electrons. The predicted molar refractivity (Wildman–Crippen MR) is 222 cm³/mol. The molecule has 370 valence electrons. The van der Waals surface area contributed by atoms with Crippen LogP contribution in [0.3, 0.4) is 0 Å². The Morgan fingerprint density at radius 2 is 1.08 bits per heavy atom. The van der Waals surface area contributed by atoms with E-state index >= 15 is 0 Å². The van der Waals surface area contributed by atoms with E-state index < -0.39 is 58.6 Å². The summed E-state index contributed by atoms with van der Waals surface area (Å²) in [7, 11) is 0. The highest BCUT2D eigenvalue weighted by atomic mass is 19.2. The number of halogens is 5. The second-order valence-corrected chi connectivity index (χ2v) is 14.4. The average Bonchev–Trinajstić information content (AvgIpc) is 3.30. The quantitative estimate of drug-likeness (QED) is 0.0134. The fourth-order valence-corrected chi connectivity index (χ4v) is 5.76. The Morgan fingerprint density at radius 1 is 0.621 bits per heavy atom. The fourth-order valence-electron chi connectivity index (χ4n) is 5.76. The van der Waals surface area contributed by atoms with Crippen molar-refractivity contribution < 1.29 is 93.6 Å². The highest BCUT2D eigenvalue weighted by Crippen LogP contribution is 2.30. The molecule has 0 bridgehead atoms. The van der Waals surface area contributed by atoms with E-state index in [0.29, 0.717) is 91.4 Å². The van der Waals surface area contributed by atoms with Crippen molar-refractivity contribution in [2.24, 2.45) is 0 Å². The van der Waals surface area contributed by atoms with Crippen LogP contribution in [0.5, 0.6) is 5.75 Å². The minimum Gasteiger partial charge on any atom is -0.426 e. The molecule has 3 N–H and O–H groups in total. The Labute approximate surface area is 379 Å². The van der Waals surface area contributed by atoms with E-state index in [4.69, 9.17) is 42.6 Å². The summed E-state index contributed by atoms with van der Waals surface area (Å²) < 4.78 is 121. The number of ketones is 1. The van der Waals surface area contributed by atoms with Gasteiger partial charge in [0, 0.05) is 25.1 Å². The highest BCUT2D eigenvalue weighted by Gasteiger charge is 2.37. The highest BCUT2D eigenvalue weighted by molar-refractivity contribution is 5.94. The predicted octanol–water partition coefficient (Wildman–Crippen LogP) is 4.29. The van der Waals surface area contributed by atoms with Crippen LogP contribution in [0.15, 0.2) is 36.4 Å². The van der Waals surface area contributed by atoms with Crippen LogP contribution in [0.1, 0.15) is 54.9 Å². The maximum Gasteiger partial charge on any atom is 0.514 e. The summed E-state index contributed by atoms with van der Waals surface area (Å²) in [5, 5.41) is 16.4. The molecule has 2 aromatic carbocycles. The zero-order chi connectivity index (χ0) is 48.0. The van der Waals surface area contributed by atoms with Gasteiger partial charge in [0.1, 0.15) is 11.7 Å². The van der Waals surface area contributed by atoms with E-state index in [1.165, 1.54) is 19.1 Å². The smallest absolute Gasteiger partial charge is 0.426 e. The minimum absolute atomic E-state index is 0.00539. The van der Waals surface area contributed by atoms with Gasteiger partial charge in [-0.3, -0.25) is 14.4 Å². The van der Waals surface area contributed by atoms with Crippen molar-refractivity contribution in [3.8, 4) is 5.75 Å². The van der Waals surface area contributed by atoms with Gasteiger partial charge in [-0.05, 0) is 44.2 Å². The molecule has 0 saturated heterocycles. The van der Waals surface area contributed by atoms with Gasteiger partial charge in [-0.2, -0.15) is 8.78 Å². The van der Waals surface area contributed by atoms with Gasteiger partial charge in [0.2, 0.25) is 40.7 Å². The first kappa shape index (κ1) is 55.7. The van der Waals surface area contributed by atoms with Crippen molar-refractivity contribution in [1.82, 2.24) is 10.6 Å². The topological polar surface area (TPSA) is 205 Å². The number of carbonyl (C=O) groups excluding carboxylic acids is 4. The molecule has 0 heterocycles. The van der Waals surface area contributed by atoms with Gasteiger partial charge < -0.3 is 63.1 Å². The lowest BCUT2D eigenvalue weighted by Gasteiger charge is -2.29. The van der Waals surface area contributed by atoms with Gasteiger partial charge in [-0.1, -0.05) is 30.3 Å². The third-order valence-electron chi connectivity index (χ3n) is 9.40. The zero-order valence-corrected chi connectivity index (χ0v) is 36.9. The molecule has 1 aliphatic carbocycles. The number of aliphatic hydroxyl groups is 1. The van der Waals surface area contributed by atoms with E-state index in [-0.39, 0.29) is 76.8 Å². The molecule has 3 rings (SSSR count). The molecule has 0 fully saturated rings. The summed E-state index contributed by atoms with van der Waals surface area (Å²) in [5.41, 5.74) is -0.331. The standard InChI is InChI=1S/C44H59F5N2O15/c1-31(52)33-7-5-32(6-8-33)30-51-35(53)10-14-57-16-18-59-20-22-61-24-26-63-28-29-64-27-25-62-23-21-60-19-17-58-15-13-50-42(54)44(56)11-3-2-4-34(9-12-44)65-43(55)66-41-39(48)37(46)36(45)38(47)40(41)49/h2,4-8,34,56H,3,9-30H2,1H3,(H,50,54)(H,51,53)/b4-2-/t34-,44-/m0/s1. The molecule has 0 aromatic heterocycles. The summed E-state index contributed by atoms with van der Waals surface area (Å²) >= 11 is 0. The number of amides is 2. The largest absolute Gasteiger partial charge is 0.514 e. The van der Waals surface area contributed by atoms with Crippen LogP contribution in [0.4, 0.5) is 26.7 Å². The molecule has 17 nitrogen and oxygen atoms in total. The van der Waals surface area contributed by atoms with Gasteiger partial charge in [-0.15, -0.1) is 0 Å². The van der Waals surface area contributed by atoms with Crippen molar-refractivity contribution in [2.75, 3.05) is 112 Å². The Morgan fingerprint density at radius 3 is 1.56 bits per heavy atom. The molecule has 2 atom stereocenters. The molecule has 0 unspecified atom stereocenters. The van der Waals surface area contributed by atoms with Gasteiger partial charge in [0.15, 0.2) is 5.78 Å². The molecule has 2 amide bonds. The maximum atomic E-state index is 13.9. The molecule has 2 aromatic rings. The van der Waals surface area contributed by atoms with Gasteiger partial charge in [0.25, 0.3) is 5.91 Å². The van der Waals surface area contributed by atoms with Crippen LogP contribution in [-0.4, -0.2) is 153 Å². The number of benzene rings is 2. The maximum absolute atomic E-state index is 13.9. The van der Waals surface area contributed by atoms with E-state index in [0.717, 1.165) is 5.56 Å². The second kappa shape index (κ2) is 32.1. The van der Waals surface area contributed by atoms with Crippen LogP contribution in [0.2, 0.25) is 0 Å². The molecule has 22 heteroatoms. The monoisotopic (exact) mass is 950 g/mol. The lowest BCUT2D eigenvalue weighted by molar-refractivity contribution is -0.142. The number of Topliss-reactive ketones (excluding diaryl/α,β-unsaturated/α-hetero) is 1. The van der Waals surface area contributed by atoms with Crippen molar-refractivity contribution in [1.29, 1.82) is 0 Å².